The van der Waals surface area contributed by atoms with E-state index in [1.807, 2.05) is 0 Å². The monoisotopic (exact) mass is 230 g/mol. The molecule has 0 aliphatic heterocycles. The summed E-state index contributed by atoms with van der Waals surface area (Å²) in [5, 5.41) is 4.93. The molecule has 0 fully saturated rings. The van der Waals surface area contributed by atoms with Crippen LogP contribution in [-0.4, -0.2) is 13.4 Å². The van der Waals surface area contributed by atoms with Crippen molar-refractivity contribution in [3.05, 3.63) is 29.8 Å². The first-order chi connectivity index (χ1) is 6.39. The van der Waals surface area contributed by atoms with Gasteiger partial charge >= 0.3 is 0 Å². The number of hydrogen-bond acceptors (Lipinski definition) is 3. The van der Waals surface area contributed by atoms with Crippen LogP contribution in [0.1, 0.15) is 5.56 Å². The van der Waals surface area contributed by atoms with Gasteiger partial charge in [0.05, 0.1) is 9.88 Å². The van der Waals surface area contributed by atoms with Crippen LogP contribution in [0.25, 0.3) is 0 Å². The second kappa shape index (κ2) is 4.04. The van der Waals surface area contributed by atoms with Crippen LogP contribution in [0.2, 0.25) is 0 Å². The lowest BCUT2D eigenvalue weighted by Gasteiger charge is -2.01. The maximum atomic E-state index is 10.9. The lowest BCUT2D eigenvalue weighted by molar-refractivity contribution is 0.598. The van der Waals surface area contributed by atoms with Gasteiger partial charge in [-0.1, -0.05) is 24.4 Å². The highest BCUT2D eigenvalue weighted by Gasteiger charge is 2.06. The molecule has 6 heteroatoms. The standard InChI is InChI=1S/C8H10N2O2S2/c9-8(13)5-6-1-3-7(4-2-6)14(10,11)12/h1-4H,5H2,(H2,9,13)(H2,10,11,12). The van der Waals surface area contributed by atoms with Gasteiger partial charge in [-0.15, -0.1) is 0 Å². The predicted octanol–water partition coefficient (Wildman–Crippen LogP) is 0.163. The molecule has 0 unspecified atom stereocenters. The molecule has 0 aliphatic carbocycles. The summed E-state index contributed by atoms with van der Waals surface area (Å²) in [6.45, 7) is 0. The van der Waals surface area contributed by atoms with Crippen LogP contribution in [0.5, 0.6) is 0 Å². The van der Waals surface area contributed by atoms with E-state index in [9.17, 15) is 8.42 Å². The van der Waals surface area contributed by atoms with Crippen LogP contribution in [0, 0.1) is 0 Å². The predicted molar refractivity (Wildman–Crippen MR) is 58.3 cm³/mol. The fraction of sp³-hybridized carbons (Fsp3) is 0.125. The molecule has 0 spiro atoms. The largest absolute Gasteiger partial charge is 0.393 e. The van der Waals surface area contributed by atoms with Crippen molar-refractivity contribution in [1.29, 1.82) is 0 Å². The van der Waals surface area contributed by atoms with Crippen LogP contribution in [0.4, 0.5) is 0 Å². The van der Waals surface area contributed by atoms with E-state index in [1.54, 1.807) is 12.1 Å². The van der Waals surface area contributed by atoms with Gasteiger partial charge < -0.3 is 5.73 Å². The molecule has 0 atom stereocenters. The number of thiocarbonyl (C=S) groups is 1. The highest BCUT2D eigenvalue weighted by molar-refractivity contribution is 7.89. The summed E-state index contributed by atoms with van der Waals surface area (Å²) in [5.41, 5.74) is 6.20. The summed E-state index contributed by atoms with van der Waals surface area (Å²) in [6, 6.07) is 6.14. The van der Waals surface area contributed by atoms with E-state index >= 15 is 0 Å². The average Bonchev–Trinajstić information content (AvgIpc) is 2.02. The molecular weight excluding hydrogens is 220 g/mol. The number of nitrogens with two attached hydrogens (primary N) is 2. The first-order valence-corrected chi connectivity index (χ1v) is 5.75. The summed E-state index contributed by atoms with van der Waals surface area (Å²) in [7, 11) is -3.61. The Morgan fingerprint density at radius 2 is 1.79 bits per heavy atom. The van der Waals surface area contributed by atoms with Crippen molar-refractivity contribution in [1.82, 2.24) is 0 Å². The number of sulfonamides is 1. The van der Waals surface area contributed by atoms with E-state index in [1.165, 1.54) is 12.1 Å². The van der Waals surface area contributed by atoms with E-state index in [2.05, 4.69) is 0 Å². The van der Waals surface area contributed by atoms with E-state index in [-0.39, 0.29) is 4.90 Å². The van der Waals surface area contributed by atoms with E-state index in [4.69, 9.17) is 23.1 Å². The lowest BCUT2D eigenvalue weighted by Crippen LogP contribution is -2.13. The third-order valence-corrected chi connectivity index (χ3v) is 2.70. The molecule has 0 radical (unpaired) electrons. The summed E-state index contributed by atoms with van der Waals surface area (Å²) >= 11 is 4.72. The molecular formula is C8H10N2O2S2. The molecule has 1 aromatic rings. The van der Waals surface area contributed by atoms with Gasteiger partial charge in [0.1, 0.15) is 0 Å². The second-order valence-corrected chi connectivity index (χ2v) is 4.92. The van der Waals surface area contributed by atoms with Crippen molar-refractivity contribution in [3.63, 3.8) is 0 Å². The molecule has 1 rings (SSSR count). The number of hydrogen-bond donors (Lipinski definition) is 2. The van der Waals surface area contributed by atoms with Gasteiger partial charge in [0.15, 0.2) is 0 Å². The first-order valence-electron chi connectivity index (χ1n) is 3.79. The van der Waals surface area contributed by atoms with Gasteiger partial charge in [0, 0.05) is 6.42 Å². The minimum Gasteiger partial charge on any atom is -0.393 e. The molecule has 0 bridgehead atoms. The minimum atomic E-state index is -3.61. The summed E-state index contributed by atoms with van der Waals surface area (Å²) < 4.78 is 21.8. The Morgan fingerprint density at radius 1 is 1.29 bits per heavy atom. The smallest absolute Gasteiger partial charge is 0.238 e. The summed E-state index contributed by atoms with van der Waals surface area (Å²) in [5.74, 6) is 0. The molecule has 0 amide bonds. The number of rotatable bonds is 3. The zero-order chi connectivity index (χ0) is 10.8. The van der Waals surface area contributed by atoms with Gasteiger partial charge in [0.25, 0.3) is 0 Å². The molecule has 14 heavy (non-hydrogen) atoms. The Hall–Kier alpha value is -0.980. The molecule has 1 aromatic carbocycles. The molecule has 0 aromatic heterocycles. The molecule has 0 heterocycles. The van der Waals surface area contributed by atoms with Crippen molar-refractivity contribution in [2.24, 2.45) is 10.9 Å². The third kappa shape index (κ3) is 3.06. The van der Waals surface area contributed by atoms with Gasteiger partial charge in [-0.05, 0) is 17.7 Å². The van der Waals surface area contributed by atoms with Crippen LogP contribution < -0.4 is 10.9 Å². The van der Waals surface area contributed by atoms with Crippen molar-refractivity contribution < 1.29 is 8.42 Å². The highest BCUT2D eigenvalue weighted by Crippen LogP contribution is 2.08. The number of benzene rings is 1. The molecule has 4 N–H and O–H groups in total. The van der Waals surface area contributed by atoms with Crippen LogP contribution in [-0.2, 0) is 16.4 Å². The van der Waals surface area contributed by atoms with Crippen molar-refractivity contribution in [2.75, 3.05) is 0 Å². The van der Waals surface area contributed by atoms with Crippen molar-refractivity contribution >= 4 is 27.2 Å². The maximum Gasteiger partial charge on any atom is 0.238 e. The Bertz CT molecular complexity index is 437. The fourth-order valence-corrected chi connectivity index (χ4v) is 1.68. The summed E-state index contributed by atoms with van der Waals surface area (Å²) in [6.07, 6.45) is 0.459. The van der Waals surface area contributed by atoms with E-state index in [0.717, 1.165) is 5.56 Å². The zero-order valence-electron chi connectivity index (χ0n) is 7.30. The Balaban J connectivity index is 2.95. The third-order valence-electron chi connectivity index (χ3n) is 1.63. The maximum absolute atomic E-state index is 10.9. The minimum absolute atomic E-state index is 0.0872. The van der Waals surface area contributed by atoms with Crippen LogP contribution in [0.15, 0.2) is 29.2 Å². The fourth-order valence-electron chi connectivity index (χ4n) is 0.998. The number of primary sulfonamides is 1. The molecule has 4 nitrogen and oxygen atoms in total. The van der Waals surface area contributed by atoms with Gasteiger partial charge in [-0.25, -0.2) is 13.6 Å². The topological polar surface area (TPSA) is 86.2 Å². The Morgan fingerprint density at radius 3 is 2.14 bits per heavy atom. The van der Waals surface area contributed by atoms with Crippen LogP contribution >= 0.6 is 12.2 Å². The quantitative estimate of drug-likeness (QED) is 0.724. The average molecular weight is 230 g/mol. The first kappa shape index (κ1) is 11.1. The zero-order valence-corrected chi connectivity index (χ0v) is 8.94. The Labute approximate surface area is 88.0 Å². The van der Waals surface area contributed by atoms with E-state index < -0.39 is 10.0 Å². The summed E-state index contributed by atoms with van der Waals surface area (Å²) in [4.78, 5) is 0.456. The molecule has 0 saturated heterocycles. The van der Waals surface area contributed by atoms with Crippen LogP contribution in [0.3, 0.4) is 0 Å². The molecule has 0 saturated carbocycles. The lowest BCUT2D eigenvalue weighted by atomic mass is 10.1. The normalized spacial score (nSPS) is 11.2. The highest BCUT2D eigenvalue weighted by atomic mass is 32.2. The van der Waals surface area contributed by atoms with Crippen molar-refractivity contribution in [3.8, 4) is 0 Å². The Kier molecular flexibility index (Phi) is 3.20. The van der Waals surface area contributed by atoms with Crippen molar-refractivity contribution in [2.45, 2.75) is 11.3 Å². The van der Waals surface area contributed by atoms with Gasteiger partial charge in [-0.2, -0.15) is 0 Å². The molecule has 76 valence electrons. The second-order valence-electron chi connectivity index (χ2n) is 2.83. The SMILES string of the molecule is NC(=S)Cc1ccc(S(N)(=O)=O)cc1. The van der Waals surface area contributed by atoms with Gasteiger partial charge in [0.2, 0.25) is 10.0 Å². The molecule has 0 aliphatic rings. The van der Waals surface area contributed by atoms with Gasteiger partial charge in [-0.3, -0.25) is 0 Å². The van der Waals surface area contributed by atoms with E-state index in [0.29, 0.717) is 11.4 Å².